The number of imidazole rings is 1. The Hall–Kier alpha value is -3.15. The van der Waals surface area contributed by atoms with E-state index in [9.17, 15) is 0 Å². The van der Waals surface area contributed by atoms with Gasteiger partial charge in [0.15, 0.2) is 5.96 Å². The van der Waals surface area contributed by atoms with E-state index in [0.29, 0.717) is 12.5 Å². The number of hydrogen-bond donors (Lipinski definition) is 2. The average Bonchev–Trinajstić information content (AvgIpc) is 3.13. The largest absolute Gasteiger partial charge is 0.370 e. The van der Waals surface area contributed by atoms with Crippen molar-refractivity contribution in [3.8, 4) is 5.82 Å². The van der Waals surface area contributed by atoms with Gasteiger partial charge in [0.05, 0.1) is 6.54 Å². The number of para-hydroxylation sites is 1. The summed E-state index contributed by atoms with van der Waals surface area (Å²) in [6.07, 6.45) is 7.38. The first-order valence-electron chi connectivity index (χ1n) is 9.25. The maximum absolute atomic E-state index is 6.13. The molecule has 0 aliphatic heterocycles. The third-order valence-electron chi connectivity index (χ3n) is 4.57. The van der Waals surface area contributed by atoms with Gasteiger partial charge in [-0.15, -0.1) is 0 Å². The first-order chi connectivity index (χ1) is 13.1. The van der Waals surface area contributed by atoms with Crippen LogP contribution in [0.5, 0.6) is 0 Å². The zero-order chi connectivity index (χ0) is 19.2. The molecule has 0 saturated heterocycles. The van der Waals surface area contributed by atoms with Crippen LogP contribution in [0.3, 0.4) is 0 Å². The number of aryl methyl sites for hydroxylation is 3. The molecule has 2 aromatic heterocycles. The number of hydrogen-bond acceptors (Lipinski definition) is 3. The Morgan fingerprint density at radius 3 is 2.41 bits per heavy atom. The minimum atomic E-state index is 0.417. The zero-order valence-electron chi connectivity index (χ0n) is 16.1. The Labute approximate surface area is 160 Å². The molecule has 1 aromatic carbocycles. The standard InChI is InChI=1S/C21H26N6/c1-4-17-7-6-8-18(5-2)20(17)26-21(22)25-14-16-9-10-19(24-13-16)27-12-11-23-15(27)3/h6-13H,4-5,14H2,1-3H3,(H3,22,25,26). The van der Waals surface area contributed by atoms with Crippen molar-refractivity contribution in [1.82, 2.24) is 14.5 Å². The Bertz CT molecular complexity index is 902. The van der Waals surface area contributed by atoms with Crippen LogP contribution in [0.1, 0.15) is 36.4 Å². The van der Waals surface area contributed by atoms with Gasteiger partial charge in [-0.3, -0.25) is 4.57 Å². The molecule has 0 atom stereocenters. The lowest BCUT2D eigenvalue weighted by Gasteiger charge is -2.14. The van der Waals surface area contributed by atoms with Gasteiger partial charge in [0.1, 0.15) is 11.6 Å². The summed E-state index contributed by atoms with van der Waals surface area (Å²) in [4.78, 5) is 13.2. The van der Waals surface area contributed by atoms with E-state index in [1.807, 2.05) is 36.0 Å². The predicted octanol–water partition coefficient (Wildman–Crippen LogP) is 3.63. The normalized spacial score (nSPS) is 11.6. The molecule has 3 aromatic rings. The lowest BCUT2D eigenvalue weighted by atomic mass is 10.0. The van der Waals surface area contributed by atoms with Crippen LogP contribution in [0.2, 0.25) is 0 Å². The number of nitrogens with one attached hydrogen (secondary N) is 1. The molecular formula is C21H26N6. The van der Waals surface area contributed by atoms with Crippen molar-refractivity contribution in [2.45, 2.75) is 40.2 Å². The number of pyridine rings is 1. The lowest BCUT2D eigenvalue weighted by molar-refractivity contribution is 0.922. The Balaban J connectivity index is 1.70. The molecule has 0 radical (unpaired) electrons. The van der Waals surface area contributed by atoms with Gasteiger partial charge in [-0.05, 0) is 42.5 Å². The van der Waals surface area contributed by atoms with E-state index in [2.05, 4.69) is 52.3 Å². The molecule has 0 unspecified atom stereocenters. The van der Waals surface area contributed by atoms with E-state index in [4.69, 9.17) is 5.73 Å². The number of rotatable bonds is 6. The van der Waals surface area contributed by atoms with Crippen LogP contribution in [-0.2, 0) is 19.4 Å². The van der Waals surface area contributed by atoms with Crippen LogP contribution < -0.4 is 11.1 Å². The van der Waals surface area contributed by atoms with Crippen LogP contribution in [-0.4, -0.2) is 20.5 Å². The SMILES string of the molecule is CCc1cccc(CC)c1NC(N)=NCc1ccc(-n2ccnc2C)nc1. The third kappa shape index (κ3) is 4.34. The lowest BCUT2D eigenvalue weighted by Crippen LogP contribution is -2.24. The van der Waals surface area contributed by atoms with Gasteiger partial charge in [-0.2, -0.15) is 0 Å². The number of guanidine groups is 1. The Morgan fingerprint density at radius 2 is 1.85 bits per heavy atom. The number of aliphatic imine (C=N–C) groups is 1. The molecular weight excluding hydrogens is 336 g/mol. The van der Waals surface area contributed by atoms with E-state index < -0.39 is 0 Å². The van der Waals surface area contributed by atoms with Gasteiger partial charge in [-0.25, -0.2) is 15.0 Å². The first-order valence-corrected chi connectivity index (χ1v) is 9.25. The zero-order valence-corrected chi connectivity index (χ0v) is 16.1. The van der Waals surface area contributed by atoms with Crippen LogP contribution in [0, 0.1) is 6.92 Å². The average molecular weight is 362 g/mol. The highest BCUT2D eigenvalue weighted by molar-refractivity contribution is 5.93. The van der Waals surface area contributed by atoms with Crippen LogP contribution >= 0.6 is 0 Å². The maximum Gasteiger partial charge on any atom is 0.193 e. The molecule has 0 fully saturated rings. The van der Waals surface area contributed by atoms with Crippen molar-refractivity contribution in [2.75, 3.05) is 5.32 Å². The molecule has 3 rings (SSSR count). The molecule has 0 amide bonds. The molecule has 140 valence electrons. The second kappa shape index (κ2) is 8.49. The summed E-state index contributed by atoms with van der Waals surface area (Å²) in [5, 5.41) is 3.29. The summed E-state index contributed by atoms with van der Waals surface area (Å²) < 4.78 is 1.94. The number of nitrogens with zero attached hydrogens (tertiary/aromatic N) is 4. The van der Waals surface area contributed by atoms with Crippen LogP contribution in [0.25, 0.3) is 5.82 Å². The predicted molar refractivity (Wildman–Crippen MR) is 110 cm³/mol. The molecule has 2 heterocycles. The third-order valence-corrected chi connectivity index (χ3v) is 4.57. The van der Waals surface area contributed by atoms with Gasteiger partial charge in [-0.1, -0.05) is 38.1 Å². The molecule has 6 heteroatoms. The Morgan fingerprint density at radius 1 is 1.11 bits per heavy atom. The molecule has 0 spiro atoms. The van der Waals surface area contributed by atoms with Crippen molar-refractivity contribution in [2.24, 2.45) is 10.7 Å². The highest BCUT2D eigenvalue weighted by Crippen LogP contribution is 2.22. The number of anilines is 1. The summed E-state index contributed by atoms with van der Waals surface area (Å²) in [5.74, 6) is 2.16. The minimum Gasteiger partial charge on any atom is -0.370 e. The van der Waals surface area contributed by atoms with Crippen molar-refractivity contribution in [1.29, 1.82) is 0 Å². The molecule has 0 bridgehead atoms. The topological polar surface area (TPSA) is 81.1 Å². The van der Waals surface area contributed by atoms with Crippen molar-refractivity contribution in [3.63, 3.8) is 0 Å². The minimum absolute atomic E-state index is 0.417. The Kier molecular flexibility index (Phi) is 5.86. The maximum atomic E-state index is 6.13. The van der Waals surface area contributed by atoms with E-state index in [-0.39, 0.29) is 0 Å². The summed E-state index contributed by atoms with van der Waals surface area (Å²) in [6, 6.07) is 10.3. The first kappa shape index (κ1) is 18.6. The van der Waals surface area contributed by atoms with E-state index in [1.54, 1.807) is 6.20 Å². The van der Waals surface area contributed by atoms with Crippen molar-refractivity contribution in [3.05, 3.63) is 71.4 Å². The van der Waals surface area contributed by atoms with E-state index in [0.717, 1.165) is 35.7 Å². The van der Waals surface area contributed by atoms with E-state index in [1.165, 1.54) is 11.1 Å². The summed E-state index contributed by atoms with van der Waals surface area (Å²) in [7, 11) is 0. The van der Waals surface area contributed by atoms with Crippen molar-refractivity contribution >= 4 is 11.6 Å². The fourth-order valence-electron chi connectivity index (χ4n) is 3.02. The molecule has 27 heavy (non-hydrogen) atoms. The number of benzene rings is 1. The van der Waals surface area contributed by atoms with Gasteiger partial charge >= 0.3 is 0 Å². The fraction of sp³-hybridized carbons (Fsp3) is 0.286. The monoisotopic (exact) mass is 362 g/mol. The highest BCUT2D eigenvalue weighted by Gasteiger charge is 2.07. The van der Waals surface area contributed by atoms with Gasteiger partial charge < -0.3 is 11.1 Å². The molecule has 6 nitrogen and oxygen atoms in total. The second-order valence-electron chi connectivity index (χ2n) is 6.35. The van der Waals surface area contributed by atoms with Gasteiger partial charge in [0, 0.05) is 24.3 Å². The van der Waals surface area contributed by atoms with Gasteiger partial charge in [0.2, 0.25) is 0 Å². The molecule has 0 saturated carbocycles. The fourth-order valence-corrected chi connectivity index (χ4v) is 3.02. The van der Waals surface area contributed by atoms with Crippen LogP contribution in [0.4, 0.5) is 5.69 Å². The van der Waals surface area contributed by atoms with Crippen LogP contribution in [0.15, 0.2) is 53.9 Å². The van der Waals surface area contributed by atoms with E-state index >= 15 is 0 Å². The number of aromatic nitrogens is 3. The summed E-state index contributed by atoms with van der Waals surface area (Å²) in [5.41, 5.74) is 10.7. The van der Waals surface area contributed by atoms with Gasteiger partial charge in [0.25, 0.3) is 0 Å². The second-order valence-corrected chi connectivity index (χ2v) is 6.35. The summed E-state index contributed by atoms with van der Waals surface area (Å²) >= 11 is 0. The number of nitrogens with two attached hydrogens (primary N) is 1. The molecule has 3 N–H and O–H groups in total. The highest BCUT2D eigenvalue weighted by atomic mass is 15.1. The smallest absolute Gasteiger partial charge is 0.193 e. The molecule has 0 aliphatic rings. The molecule has 0 aliphatic carbocycles. The summed E-state index contributed by atoms with van der Waals surface area (Å²) in [6.45, 7) is 6.71. The van der Waals surface area contributed by atoms with Crippen molar-refractivity contribution < 1.29 is 0 Å². The quantitative estimate of drug-likeness (QED) is 0.518.